The van der Waals surface area contributed by atoms with E-state index in [9.17, 15) is 8.78 Å². The highest BCUT2D eigenvalue weighted by Gasteiger charge is 2.18. The van der Waals surface area contributed by atoms with Gasteiger partial charge >= 0.3 is 0 Å². The summed E-state index contributed by atoms with van der Waals surface area (Å²) < 4.78 is 40.4. The number of hydrogen-bond acceptors (Lipinski definition) is 9. The number of aromatic nitrogens is 6. The van der Waals surface area contributed by atoms with Crippen molar-refractivity contribution in [1.29, 1.82) is 0 Å². The zero-order valence-corrected chi connectivity index (χ0v) is 18.7. The van der Waals surface area contributed by atoms with Gasteiger partial charge in [0.2, 0.25) is 11.6 Å². The molecule has 0 N–H and O–H groups in total. The fourth-order valence-corrected chi connectivity index (χ4v) is 3.24. The van der Waals surface area contributed by atoms with Crippen molar-refractivity contribution < 1.29 is 22.8 Å². The molecule has 5 rings (SSSR count). The highest BCUT2D eigenvalue weighted by atomic mass is 19.2. The molecule has 12 heteroatoms. The van der Waals surface area contributed by atoms with E-state index in [1.54, 1.807) is 31.3 Å². The smallest absolute Gasteiger partial charge is 0.257 e. The van der Waals surface area contributed by atoms with E-state index in [2.05, 4.69) is 30.9 Å². The number of para-hydroxylation sites is 1. The summed E-state index contributed by atoms with van der Waals surface area (Å²) >= 11 is 0. The maximum atomic E-state index is 14.1. The summed E-state index contributed by atoms with van der Waals surface area (Å²) in [6, 6.07) is 19.6. The van der Waals surface area contributed by atoms with E-state index < -0.39 is 11.6 Å². The Kier molecular flexibility index (Phi) is 6.38. The third-order valence-corrected chi connectivity index (χ3v) is 4.94. The molecular formula is C24H17F2N7O3. The van der Waals surface area contributed by atoms with E-state index in [1.807, 2.05) is 30.3 Å². The Bertz CT molecular complexity index is 1520. The Morgan fingerprint density at radius 2 is 1.69 bits per heavy atom. The molecule has 0 aliphatic rings. The first-order chi connectivity index (χ1) is 17.6. The number of tetrazole rings is 1. The van der Waals surface area contributed by atoms with Gasteiger partial charge in [-0.3, -0.25) is 0 Å². The van der Waals surface area contributed by atoms with Crippen LogP contribution in [-0.4, -0.2) is 36.1 Å². The first-order valence-corrected chi connectivity index (χ1v) is 10.6. The third kappa shape index (κ3) is 4.78. The van der Waals surface area contributed by atoms with Gasteiger partial charge in [-0.05, 0) is 34.7 Å². The van der Waals surface area contributed by atoms with Gasteiger partial charge in [-0.1, -0.05) is 53.7 Å². The van der Waals surface area contributed by atoms with E-state index in [-0.39, 0.29) is 29.9 Å². The lowest BCUT2D eigenvalue weighted by Crippen LogP contribution is -2.12. The molecule has 0 fully saturated rings. The monoisotopic (exact) mass is 489 g/mol. The number of ether oxygens (including phenoxy) is 1. The van der Waals surface area contributed by atoms with Crippen LogP contribution in [0.25, 0.3) is 11.5 Å². The highest BCUT2D eigenvalue weighted by Crippen LogP contribution is 2.34. The second-order valence-electron chi connectivity index (χ2n) is 7.36. The second-order valence-corrected chi connectivity index (χ2v) is 7.36. The SMILES string of the molecule is Cn1nnnc1/C(=N\OCc1nnc(-c2ccccc2Oc2cccc(F)c2F)o1)c1ccccc1. The zero-order chi connectivity index (χ0) is 24.9. The van der Waals surface area contributed by atoms with Crippen LogP contribution in [0, 0.1) is 11.6 Å². The molecule has 0 aliphatic carbocycles. The van der Waals surface area contributed by atoms with Crippen molar-refractivity contribution in [3.05, 3.63) is 102 Å². The summed E-state index contributed by atoms with van der Waals surface area (Å²) in [5, 5.41) is 23.7. The van der Waals surface area contributed by atoms with Crippen LogP contribution < -0.4 is 4.74 Å². The van der Waals surface area contributed by atoms with Crippen molar-refractivity contribution in [3.8, 4) is 23.0 Å². The summed E-state index contributed by atoms with van der Waals surface area (Å²) in [5.41, 5.74) is 1.55. The third-order valence-electron chi connectivity index (χ3n) is 4.94. The van der Waals surface area contributed by atoms with Gasteiger partial charge in [0, 0.05) is 12.6 Å². The fraction of sp³-hybridized carbons (Fsp3) is 0.0833. The maximum absolute atomic E-state index is 14.1. The molecule has 2 heterocycles. The molecule has 3 aromatic carbocycles. The molecule has 0 aliphatic heterocycles. The molecule has 5 aromatic rings. The van der Waals surface area contributed by atoms with Gasteiger partial charge in [0.15, 0.2) is 23.9 Å². The lowest BCUT2D eigenvalue weighted by molar-refractivity contribution is 0.111. The second kappa shape index (κ2) is 10.1. The highest BCUT2D eigenvalue weighted by molar-refractivity contribution is 6.10. The van der Waals surface area contributed by atoms with E-state index in [4.69, 9.17) is 14.0 Å². The topological polar surface area (TPSA) is 113 Å². The van der Waals surface area contributed by atoms with Gasteiger partial charge in [0.1, 0.15) is 5.75 Å². The lowest BCUT2D eigenvalue weighted by Gasteiger charge is -2.09. The number of aryl methyl sites for hydroxylation is 1. The van der Waals surface area contributed by atoms with Crippen molar-refractivity contribution in [3.63, 3.8) is 0 Å². The number of nitrogens with zero attached hydrogens (tertiary/aromatic N) is 7. The summed E-state index contributed by atoms with van der Waals surface area (Å²) in [5.74, 6) is -1.55. The van der Waals surface area contributed by atoms with Crippen molar-refractivity contribution in [2.45, 2.75) is 6.61 Å². The first-order valence-electron chi connectivity index (χ1n) is 10.6. The minimum Gasteiger partial charge on any atom is -0.453 e. The Morgan fingerprint density at radius 3 is 2.50 bits per heavy atom. The van der Waals surface area contributed by atoms with Crippen LogP contribution in [0.2, 0.25) is 0 Å². The Hall–Kier alpha value is -5.00. The molecule has 36 heavy (non-hydrogen) atoms. The molecule has 0 spiro atoms. The van der Waals surface area contributed by atoms with Crippen molar-refractivity contribution in [1.82, 2.24) is 30.4 Å². The first kappa shape index (κ1) is 22.8. The Balaban J connectivity index is 1.35. The van der Waals surface area contributed by atoms with Gasteiger partial charge in [-0.25, -0.2) is 9.07 Å². The average Bonchev–Trinajstić information content (AvgIpc) is 3.55. The van der Waals surface area contributed by atoms with Crippen molar-refractivity contribution >= 4 is 5.71 Å². The van der Waals surface area contributed by atoms with Gasteiger partial charge in [-0.2, -0.15) is 4.39 Å². The molecule has 0 bridgehead atoms. The maximum Gasteiger partial charge on any atom is 0.257 e. The quantitative estimate of drug-likeness (QED) is 0.234. The molecule has 0 saturated carbocycles. The fourth-order valence-electron chi connectivity index (χ4n) is 3.24. The Labute approximate surface area is 202 Å². The van der Waals surface area contributed by atoms with E-state index >= 15 is 0 Å². The molecule has 0 unspecified atom stereocenters. The van der Waals surface area contributed by atoms with Crippen LogP contribution in [0.1, 0.15) is 17.3 Å². The predicted molar refractivity (Wildman–Crippen MR) is 122 cm³/mol. The average molecular weight is 489 g/mol. The zero-order valence-electron chi connectivity index (χ0n) is 18.7. The van der Waals surface area contributed by atoms with Crippen LogP contribution in [0.3, 0.4) is 0 Å². The van der Waals surface area contributed by atoms with Crippen LogP contribution in [0.5, 0.6) is 11.5 Å². The van der Waals surface area contributed by atoms with Gasteiger partial charge in [0.25, 0.3) is 11.8 Å². The van der Waals surface area contributed by atoms with Crippen LogP contribution >= 0.6 is 0 Å². The molecule has 0 saturated heterocycles. The minimum atomic E-state index is -1.10. The van der Waals surface area contributed by atoms with Gasteiger partial charge in [-0.15, -0.1) is 15.3 Å². The van der Waals surface area contributed by atoms with Crippen molar-refractivity contribution in [2.75, 3.05) is 0 Å². The minimum absolute atomic E-state index is 0.103. The van der Waals surface area contributed by atoms with Crippen LogP contribution in [0.15, 0.2) is 82.4 Å². The number of oxime groups is 1. The standard InChI is InChI=1S/C24H17F2N7O3/c1-33-23(28-31-32-33)22(15-8-3-2-4-9-15)30-34-14-20-27-29-24(36-20)16-10-5-6-12-18(16)35-19-13-7-11-17(25)21(19)26/h2-13H,14H2,1H3/b30-22-. The van der Waals surface area contributed by atoms with Crippen molar-refractivity contribution in [2.24, 2.45) is 12.2 Å². The summed E-state index contributed by atoms with van der Waals surface area (Å²) in [7, 11) is 1.69. The predicted octanol–water partition coefficient (Wildman–Crippen LogP) is 4.30. The van der Waals surface area contributed by atoms with E-state index in [1.165, 1.54) is 16.8 Å². The molecule has 0 radical (unpaired) electrons. The number of benzene rings is 3. The Morgan fingerprint density at radius 1 is 0.917 bits per heavy atom. The number of hydrogen-bond donors (Lipinski definition) is 0. The normalized spacial score (nSPS) is 11.5. The number of halogens is 2. The molecule has 2 aromatic heterocycles. The molecule has 0 amide bonds. The van der Waals surface area contributed by atoms with Crippen LogP contribution in [0.4, 0.5) is 8.78 Å². The van der Waals surface area contributed by atoms with E-state index in [0.29, 0.717) is 17.1 Å². The molecule has 0 atom stereocenters. The number of rotatable bonds is 8. The molecular weight excluding hydrogens is 472 g/mol. The molecule has 10 nitrogen and oxygen atoms in total. The summed E-state index contributed by atoms with van der Waals surface area (Å²) in [6.45, 7) is -0.143. The van der Waals surface area contributed by atoms with Gasteiger partial charge in [0.05, 0.1) is 5.56 Å². The van der Waals surface area contributed by atoms with Gasteiger partial charge < -0.3 is 14.0 Å². The lowest BCUT2D eigenvalue weighted by atomic mass is 10.1. The molecule has 180 valence electrons. The summed E-state index contributed by atoms with van der Waals surface area (Å²) in [4.78, 5) is 5.48. The summed E-state index contributed by atoms with van der Waals surface area (Å²) in [6.07, 6.45) is 0. The van der Waals surface area contributed by atoms with Crippen LogP contribution in [-0.2, 0) is 18.5 Å². The largest absolute Gasteiger partial charge is 0.453 e. The van der Waals surface area contributed by atoms with E-state index in [0.717, 1.165) is 11.6 Å².